The van der Waals surface area contributed by atoms with Gasteiger partial charge in [0.2, 0.25) is 5.91 Å². The first-order chi connectivity index (χ1) is 15.0. The highest BCUT2D eigenvalue weighted by Gasteiger charge is 2.22. The Bertz CT molecular complexity index is 1050. The first kappa shape index (κ1) is 21.3. The Hall–Kier alpha value is -2.96. The summed E-state index contributed by atoms with van der Waals surface area (Å²) in [6.07, 6.45) is 0. The van der Waals surface area contributed by atoms with Crippen LogP contribution in [-0.4, -0.2) is 49.3 Å². The Labute approximate surface area is 187 Å². The fraction of sp³-hybridized carbons (Fsp3) is 0.280. The molecular formula is C25H27N3O2S. The third kappa shape index (κ3) is 5.21. The Morgan fingerprint density at radius 3 is 2.29 bits per heavy atom. The van der Waals surface area contributed by atoms with Crippen LogP contribution in [0.15, 0.2) is 60.7 Å². The van der Waals surface area contributed by atoms with E-state index in [9.17, 15) is 9.59 Å². The number of para-hydroxylation sites is 1. The molecule has 0 radical (unpaired) electrons. The lowest BCUT2D eigenvalue weighted by molar-refractivity contribution is -0.117. The van der Waals surface area contributed by atoms with Crippen molar-refractivity contribution in [3.63, 3.8) is 0 Å². The van der Waals surface area contributed by atoms with Gasteiger partial charge in [0.1, 0.15) is 5.00 Å². The van der Waals surface area contributed by atoms with Crippen LogP contribution >= 0.6 is 11.3 Å². The van der Waals surface area contributed by atoms with Crippen molar-refractivity contribution in [2.24, 2.45) is 0 Å². The molecule has 0 spiro atoms. The molecule has 2 heterocycles. The number of benzene rings is 2. The number of aryl methyl sites for hydroxylation is 2. The van der Waals surface area contributed by atoms with Gasteiger partial charge >= 0.3 is 0 Å². The molecule has 0 bridgehead atoms. The number of carbonyl (C=O) groups is 2. The second-order valence-corrected chi connectivity index (χ2v) is 9.20. The molecule has 1 aromatic heterocycles. The predicted octanol–water partition coefficient (Wildman–Crippen LogP) is 4.36. The van der Waals surface area contributed by atoms with E-state index < -0.39 is 0 Å². The summed E-state index contributed by atoms with van der Waals surface area (Å²) in [5.41, 5.74) is 3.53. The van der Waals surface area contributed by atoms with Crippen LogP contribution in [0, 0.1) is 13.8 Å². The lowest BCUT2D eigenvalue weighted by atomic mass is 10.0. The number of amides is 1. The number of hydrogen-bond donors (Lipinski definition) is 1. The molecule has 0 aliphatic carbocycles. The molecule has 1 amide bonds. The highest BCUT2D eigenvalue weighted by atomic mass is 32.1. The molecule has 1 saturated heterocycles. The number of carbonyl (C=O) groups excluding carboxylic acids is 2. The van der Waals surface area contributed by atoms with Crippen molar-refractivity contribution in [1.82, 2.24) is 4.90 Å². The largest absolute Gasteiger partial charge is 0.369 e. The average molecular weight is 434 g/mol. The first-order valence-corrected chi connectivity index (χ1v) is 11.4. The van der Waals surface area contributed by atoms with E-state index in [1.54, 1.807) is 0 Å². The standard InChI is InChI=1S/C25H27N3O2S/c1-18-8-10-20(11-9-18)24(30)22-16-19(2)31-25(22)26-23(29)17-27-12-14-28(15-13-27)21-6-4-3-5-7-21/h3-11,16H,12-15,17H2,1-2H3,(H,26,29). The summed E-state index contributed by atoms with van der Waals surface area (Å²) in [4.78, 5) is 31.2. The molecule has 160 valence electrons. The third-order valence-corrected chi connectivity index (χ3v) is 6.49. The minimum Gasteiger partial charge on any atom is -0.369 e. The van der Waals surface area contributed by atoms with Crippen molar-refractivity contribution in [1.29, 1.82) is 0 Å². The molecule has 2 aromatic carbocycles. The van der Waals surface area contributed by atoms with Gasteiger partial charge in [0.15, 0.2) is 5.78 Å². The van der Waals surface area contributed by atoms with Crippen molar-refractivity contribution in [2.75, 3.05) is 42.9 Å². The summed E-state index contributed by atoms with van der Waals surface area (Å²) in [5.74, 6) is -0.135. The van der Waals surface area contributed by atoms with Crippen LogP contribution < -0.4 is 10.2 Å². The Balaban J connectivity index is 1.36. The minimum atomic E-state index is -0.0760. The number of hydrogen-bond acceptors (Lipinski definition) is 5. The molecule has 0 saturated carbocycles. The molecule has 1 aliphatic rings. The Morgan fingerprint density at radius 2 is 1.61 bits per heavy atom. The van der Waals surface area contributed by atoms with Crippen LogP contribution in [0.1, 0.15) is 26.4 Å². The van der Waals surface area contributed by atoms with Crippen molar-refractivity contribution in [3.05, 3.63) is 82.2 Å². The van der Waals surface area contributed by atoms with Gasteiger partial charge in [0.05, 0.1) is 12.1 Å². The van der Waals surface area contributed by atoms with Gasteiger partial charge in [-0.2, -0.15) is 0 Å². The predicted molar refractivity (Wildman–Crippen MR) is 127 cm³/mol. The molecule has 1 aliphatic heterocycles. The van der Waals surface area contributed by atoms with Gasteiger partial charge in [-0.3, -0.25) is 14.5 Å². The summed E-state index contributed by atoms with van der Waals surface area (Å²) in [6, 6.07) is 19.8. The summed E-state index contributed by atoms with van der Waals surface area (Å²) in [6.45, 7) is 7.74. The Kier molecular flexibility index (Phi) is 6.49. The smallest absolute Gasteiger partial charge is 0.239 e. The Morgan fingerprint density at radius 1 is 0.935 bits per heavy atom. The van der Waals surface area contributed by atoms with Gasteiger partial charge in [-0.15, -0.1) is 11.3 Å². The van der Waals surface area contributed by atoms with Crippen molar-refractivity contribution in [3.8, 4) is 0 Å². The molecule has 0 unspecified atom stereocenters. The minimum absolute atomic E-state index is 0.0591. The van der Waals surface area contributed by atoms with E-state index in [0.29, 0.717) is 22.7 Å². The monoisotopic (exact) mass is 433 g/mol. The summed E-state index contributed by atoms with van der Waals surface area (Å²) >= 11 is 1.45. The van der Waals surface area contributed by atoms with Crippen LogP contribution in [-0.2, 0) is 4.79 Å². The van der Waals surface area contributed by atoms with Crippen LogP contribution in [0.4, 0.5) is 10.7 Å². The highest BCUT2D eigenvalue weighted by molar-refractivity contribution is 7.16. The molecule has 4 rings (SSSR count). The number of thiophene rings is 1. The zero-order chi connectivity index (χ0) is 21.8. The molecule has 1 N–H and O–H groups in total. The van der Waals surface area contributed by atoms with Gasteiger partial charge in [0.25, 0.3) is 0 Å². The van der Waals surface area contributed by atoms with Crippen LogP contribution in [0.3, 0.4) is 0 Å². The molecule has 0 atom stereocenters. The van der Waals surface area contributed by atoms with Gasteiger partial charge in [-0.25, -0.2) is 0 Å². The van der Waals surface area contributed by atoms with Gasteiger partial charge in [-0.1, -0.05) is 48.0 Å². The zero-order valence-corrected chi connectivity index (χ0v) is 18.7. The maximum Gasteiger partial charge on any atom is 0.239 e. The number of anilines is 2. The topological polar surface area (TPSA) is 52.7 Å². The molecular weight excluding hydrogens is 406 g/mol. The number of piperazine rings is 1. The summed E-state index contributed by atoms with van der Waals surface area (Å²) < 4.78 is 0. The number of nitrogens with one attached hydrogen (secondary N) is 1. The molecule has 1 fully saturated rings. The van der Waals surface area contributed by atoms with Gasteiger partial charge in [-0.05, 0) is 32.0 Å². The quantitative estimate of drug-likeness (QED) is 0.587. The lowest BCUT2D eigenvalue weighted by Gasteiger charge is -2.35. The highest BCUT2D eigenvalue weighted by Crippen LogP contribution is 2.30. The number of rotatable bonds is 6. The van der Waals surface area contributed by atoms with E-state index in [1.807, 2.05) is 62.4 Å². The fourth-order valence-corrected chi connectivity index (χ4v) is 4.73. The van der Waals surface area contributed by atoms with E-state index in [4.69, 9.17) is 0 Å². The van der Waals surface area contributed by atoms with E-state index in [0.717, 1.165) is 36.6 Å². The molecule has 31 heavy (non-hydrogen) atoms. The number of ketones is 1. The second-order valence-electron chi connectivity index (χ2n) is 7.94. The van der Waals surface area contributed by atoms with Crippen LogP contribution in [0.25, 0.3) is 0 Å². The van der Waals surface area contributed by atoms with Crippen LogP contribution in [0.5, 0.6) is 0 Å². The van der Waals surface area contributed by atoms with E-state index in [1.165, 1.54) is 17.0 Å². The third-order valence-electron chi connectivity index (χ3n) is 5.53. The first-order valence-electron chi connectivity index (χ1n) is 10.5. The average Bonchev–Trinajstić information content (AvgIpc) is 3.14. The molecule has 6 heteroatoms. The normalized spacial score (nSPS) is 14.5. The van der Waals surface area contributed by atoms with Crippen molar-refractivity contribution >= 4 is 33.7 Å². The number of nitrogens with zero attached hydrogens (tertiary/aromatic N) is 2. The van der Waals surface area contributed by atoms with Gasteiger partial charge < -0.3 is 10.2 Å². The van der Waals surface area contributed by atoms with E-state index in [-0.39, 0.29) is 11.7 Å². The molecule has 3 aromatic rings. The second kappa shape index (κ2) is 9.45. The van der Waals surface area contributed by atoms with E-state index >= 15 is 0 Å². The maximum atomic E-state index is 13.0. The fourth-order valence-electron chi connectivity index (χ4n) is 3.81. The molecule has 5 nitrogen and oxygen atoms in total. The lowest BCUT2D eigenvalue weighted by Crippen LogP contribution is -2.48. The summed E-state index contributed by atoms with van der Waals surface area (Å²) in [5, 5.41) is 3.62. The summed E-state index contributed by atoms with van der Waals surface area (Å²) in [7, 11) is 0. The maximum absolute atomic E-state index is 13.0. The van der Waals surface area contributed by atoms with Crippen molar-refractivity contribution < 1.29 is 9.59 Å². The van der Waals surface area contributed by atoms with Gasteiger partial charge in [0, 0.05) is 42.3 Å². The zero-order valence-electron chi connectivity index (χ0n) is 17.9. The SMILES string of the molecule is Cc1ccc(C(=O)c2cc(C)sc2NC(=O)CN2CCN(c3ccccc3)CC2)cc1. The van der Waals surface area contributed by atoms with E-state index in [2.05, 4.69) is 27.2 Å². The van der Waals surface area contributed by atoms with Crippen molar-refractivity contribution in [2.45, 2.75) is 13.8 Å². The van der Waals surface area contributed by atoms with Crippen LogP contribution in [0.2, 0.25) is 0 Å².